The molecule has 2 saturated heterocycles. The van der Waals surface area contributed by atoms with E-state index in [1.54, 1.807) is 0 Å². The summed E-state index contributed by atoms with van der Waals surface area (Å²) in [5.74, 6) is 0.494. The highest BCUT2D eigenvalue weighted by atomic mass is 16.6. The maximum Gasteiger partial charge on any atom is 0.410 e. The van der Waals surface area contributed by atoms with Gasteiger partial charge in [0.25, 0.3) is 0 Å². The van der Waals surface area contributed by atoms with E-state index in [-0.39, 0.29) is 24.3 Å². The Morgan fingerprint density at radius 3 is 2.47 bits per heavy atom. The number of nitrogens with one attached hydrogen (secondary N) is 1. The van der Waals surface area contributed by atoms with Gasteiger partial charge in [-0.05, 0) is 75.9 Å². The second-order valence-corrected chi connectivity index (χ2v) is 11.2. The molecule has 3 aromatic heterocycles. The molecule has 196 valence electrons. The maximum atomic E-state index is 12.7. The zero-order chi connectivity index (χ0) is 26.4. The number of hydrogen-bond donors (Lipinski definition) is 1. The van der Waals surface area contributed by atoms with Gasteiger partial charge >= 0.3 is 6.09 Å². The standard InChI is InChI=1S/C29H32N6O3/c1-17-13-18(11-12-30-17)22-7-8-23(27-24(22)16-31-34-27)25-9-10-26(33-32-25)37-21-14-19-5-6-20(15-21)35(19)28(36)38-29(2,3)4/h7-13,16,19-21H,5-6,14-15H2,1-4H3,(H,31,34)/t19-,20?,21?/m0/s1. The van der Waals surface area contributed by atoms with Crippen LogP contribution in [0, 0.1) is 6.92 Å². The van der Waals surface area contributed by atoms with Crippen LogP contribution in [0.25, 0.3) is 33.3 Å². The molecule has 1 amide bonds. The van der Waals surface area contributed by atoms with Crippen LogP contribution in [0.15, 0.2) is 48.8 Å². The summed E-state index contributed by atoms with van der Waals surface area (Å²) in [6.07, 6.45) is 6.92. The summed E-state index contributed by atoms with van der Waals surface area (Å²) >= 11 is 0. The Balaban J connectivity index is 1.17. The fourth-order valence-electron chi connectivity index (χ4n) is 5.75. The van der Waals surface area contributed by atoms with Crippen LogP contribution in [-0.2, 0) is 4.74 Å². The van der Waals surface area contributed by atoms with Crippen LogP contribution < -0.4 is 4.74 Å². The first-order valence-electron chi connectivity index (χ1n) is 13.2. The first-order valence-corrected chi connectivity index (χ1v) is 13.2. The monoisotopic (exact) mass is 512 g/mol. The number of rotatable bonds is 4. The number of piperidine rings is 1. The molecule has 1 aromatic carbocycles. The lowest BCUT2D eigenvalue weighted by Gasteiger charge is -2.39. The van der Waals surface area contributed by atoms with Gasteiger partial charge in [0.2, 0.25) is 5.88 Å². The number of aryl methyl sites for hydroxylation is 1. The predicted octanol–water partition coefficient (Wildman–Crippen LogP) is 5.70. The molecule has 2 aliphatic rings. The minimum absolute atomic E-state index is 0.00578. The van der Waals surface area contributed by atoms with E-state index in [0.717, 1.165) is 64.7 Å². The molecule has 4 aromatic rings. The maximum absolute atomic E-state index is 12.7. The molecular weight excluding hydrogens is 480 g/mol. The number of pyridine rings is 1. The molecule has 0 spiro atoms. The third-order valence-electron chi connectivity index (χ3n) is 7.32. The van der Waals surface area contributed by atoms with E-state index in [9.17, 15) is 4.79 Å². The minimum atomic E-state index is -0.499. The van der Waals surface area contributed by atoms with Crippen LogP contribution in [0.5, 0.6) is 5.88 Å². The zero-order valence-electron chi connectivity index (χ0n) is 22.1. The molecule has 0 saturated carbocycles. The number of H-pyrrole nitrogens is 1. The lowest BCUT2D eigenvalue weighted by Crippen LogP contribution is -2.50. The molecule has 6 rings (SSSR count). The first kappa shape index (κ1) is 24.3. The van der Waals surface area contributed by atoms with Gasteiger partial charge in [0.15, 0.2) is 0 Å². The molecule has 2 bridgehead atoms. The Morgan fingerprint density at radius 1 is 1.03 bits per heavy atom. The largest absolute Gasteiger partial charge is 0.473 e. The normalized spacial score (nSPS) is 21.1. The highest BCUT2D eigenvalue weighted by Gasteiger charge is 2.45. The van der Waals surface area contributed by atoms with Crippen LogP contribution in [0.3, 0.4) is 0 Å². The summed E-state index contributed by atoms with van der Waals surface area (Å²) in [7, 11) is 0. The summed E-state index contributed by atoms with van der Waals surface area (Å²) in [6, 6.07) is 12.3. The van der Waals surface area contributed by atoms with Gasteiger partial charge in [-0.15, -0.1) is 10.2 Å². The van der Waals surface area contributed by atoms with Crippen LogP contribution in [-0.4, -0.2) is 60.2 Å². The van der Waals surface area contributed by atoms with E-state index in [2.05, 4.69) is 37.5 Å². The van der Waals surface area contributed by atoms with Gasteiger partial charge in [0.1, 0.15) is 11.7 Å². The highest BCUT2D eigenvalue weighted by molar-refractivity contribution is 6.01. The number of ether oxygens (including phenoxy) is 2. The molecule has 9 nitrogen and oxygen atoms in total. The van der Waals surface area contributed by atoms with Crippen molar-refractivity contribution >= 4 is 17.0 Å². The quantitative estimate of drug-likeness (QED) is 0.374. The van der Waals surface area contributed by atoms with E-state index in [4.69, 9.17) is 9.47 Å². The number of aromatic nitrogens is 5. The smallest absolute Gasteiger partial charge is 0.410 e. The highest BCUT2D eigenvalue weighted by Crippen LogP contribution is 2.38. The lowest BCUT2D eigenvalue weighted by molar-refractivity contribution is -0.00771. The summed E-state index contributed by atoms with van der Waals surface area (Å²) < 4.78 is 11.9. The summed E-state index contributed by atoms with van der Waals surface area (Å²) in [5.41, 5.74) is 5.22. The van der Waals surface area contributed by atoms with Crippen molar-refractivity contribution in [2.45, 2.75) is 77.2 Å². The molecule has 2 aliphatic heterocycles. The van der Waals surface area contributed by atoms with Gasteiger partial charge in [-0.3, -0.25) is 10.1 Å². The van der Waals surface area contributed by atoms with Crippen molar-refractivity contribution in [1.29, 1.82) is 0 Å². The number of carbonyl (C=O) groups excluding carboxylic acids is 1. The molecule has 38 heavy (non-hydrogen) atoms. The third-order valence-corrected chi connectivity index (χ3v) is 7.32. The molecular formula is C29H32N6O3. The van der Waals surface area contributed by atoms with Gasteiger partial charge in [-0.1, -0.05) is 6.07 Å². The van der Waals surface area contributed by atoms with Gasteiger partial charge in [0, 0.05) is 53.8 Å². The molecule has 1 N–H and O–H groups in total. The number of hydrogen-bond acceptors (Lipinski definition) is 7. The van der Waals surface area contributed by atoms with Crippen LogP contribution in [0.2, 0.25) is 0 Å². The van der Waals surface area contributed by atoms with Crippen molar-refractivity contribution in [3.63, 3.8) is 0 Å². The van der Waals surface area contributed by atoms with E-state index in [1.807, 2.05) is 69.3 Å². The third kappa shape index (κ3) is 4.68. The second kappa shape index (κ2) is 9.38. The number of nitrogens with zero attached hydrogens (tertiary/aromatic N) is 5. The molecule has 2 fully saturated rings. The van der Waals surface area contributed by atoms with E-state index in [1.165, 1.54) is 0 Å². The van der Waals surface area contributed by atoms with E-state index < -0.39 is 5.60 Å². The molecule has 2 unspecified atom stereocenters. The number of aromatic amines is 1. The van der Waals surface area contributed by atoms with Crippen LogP contribution in [0.1, 0.15) is 52.1 Å². The van der Waals surface area contributed by atoms with E-state index >= 15 is 0 Å². The van der Waals surface area contributed by atoms with Crippen molar-refractivity contribution in [3.8, 4) is 28.3 Å². The van der Waals surface area contributed by atoms with Crippen molar-refractivity contribution in [2.24, 2.45) is 0 Å². The van der Waals surface area contributed by atoms with Crippen molar-refractivity contribution in [1.82, 2.24) is 30.3 Å². The van der Waals surface area contributed by atoms with Crippen molar-refractivity contribution in [2.75, 3.05) is 0 Å². The molecule has 9 heteroatoms. The Labute approximate surface area is 221 Å². The Bertz CT molecular complexity index is 1460. The fraction of sp³-hybridized carbons (Fsp3) is 0.414. The van der Waals surface area contributed by atoms with Gasteiger partial charge < -0.3 is 14.4 Å². The van der Waals surface area contributed by atoms with Crippen molar-refractivity contribution < 1.29 is 14.3 Å². The predicted molar refractivity (Wildman–Crippen MR) is 144 cm³/mol. The topological polar surface area (TPSA) is 106 Å². The summed E-state index contributed by atoms with van der Waals surface area (Å²) in [6.45, 7) is 7.69. The Hall–Kier alpha value is -4.01. The zero-order valence-corrected chi connectivity index (χ0v) is 22.1. The number of amides is 1. The summed E-state index contributed by atoms with van der Waals surface area (Å²) in [4.78, 5) is 19.0. The van der Waals surface area contributed by atoms with Gasteiger partial charge in [-0.25, -0.2) is 4.79 Å². The van der Waals surface area contributed by atoms with Crippen LogP contribution >= 0.6 is 0 Å². The fourth-order valence-corrected chi connectivity index (χ4v) is 5.75. The Morgan fingerprint density at radius 2 is 1.79 bits per heavy atom. The number of carbonyl (C=O) groups is 1. The lowest BCUT2D eigenvalue weighted by atomic mass is 9.98. The first-order chi connectivity index (χ1) is 18.2. The summed E-state index contributed by atoms with van der Waals surface area (Å²) in [5, 5.41) is 17.3. The van der Waals surface area contributed by atoms with Gasteiger partial charge in [0.05, 0.1) is 17.4 Å². The average molecular weight is 513 g/mol. The average Bonchev–Trinajstić information content (AvgIpc) is 3.46. The Kier molecular flexibility index (Phi) is 6.01. The molecule has 0 radical (unpaired) electrons. The molecule has 0 aliphatic carbocycles. The molecule has 5 heterocycles. The van der Waals surface area contributed by atoms with E-state index in [0.29, 0.717) is 5.88 Å². The minimum Gasteiger partial charge on any atom is -0.473 e. The SMILES string of the molecule is Cc1cc(-c2ccc(-c3ccc(OC4CC5CC[C@@H](C4)N5C(=O)OC(C)(C)C)nn3)c3[nH]ncc23)ccn1. The van der Waals surface area contributed by atoms with Gasteiger partial charge in [-0.2, -0.15) is 5.10 Å². The number of fused-ring (bicyclic) bond motifs is 3. The second-order valence-electron chi connectivity index (χ2n) is 11.2. The van der Waals surface area contributed by atoms with Crippen molar-refractivity contribution in [3.05, 3.63) is 54.5 Å². The molecule has 3 atom stereocenters. The van der Waals surface area contributed by atoms with Crippen LogP contribution in [0.4, 0.5) is 4.79 Å². The number of benzene rings is 1.